The SMILES string of the molecule is Nc1c(C(=O)NCC(F)F)sc2nc3c(cc12)CCC3. The van der Waals surface area contributed by atoms with Gasteiger partial charge in [0.2, 0.25) is 0 Å². The van der Waals surface area contributed by atoms with Crippen molar-refractivity contribution >= 4 is 33.1 Å². The van der Waals surface area contributed by atoms with Crippen molar-refractivity contribution < 1.29 is 13.6 Å². The minimum absolute atomic E-state index is 0.261. The zero-order chi connectivity index (χ0) is 14.3. The van der Waals surface area contributed by atoms with Crippen LogP contribution in [0.5, 0.6) is 0 Å². The Morgan fingerprint density at radius 2 is 2.30 bits per heavy atom. The van der Waals surface area contributed by atoms with Crippen LogP contribution in [0.15, 0.2) is 6.07 Å². The summed E-state index contributed by atoms with van der Waals surface area (Å²) in [5.74, 6) is -0.564. The summed E-state index contributed by atoms with van der Waals surface area (Å²) < 4.78 is 24.2. The molecule has 0 atom stereocenters. The molecular weight excluding hydrogens is 284 g/mol. The van der Waals surface area contributed by atoms with Crippen LogP contribution >= 0.6 is 11.3 Å². The number of alkyl halides is 2. The standard InChI is InChI=1S/C13H13F2N3OS/c14-9(15)5-17-12(19)11-10(16)7-4-6-2-1-3-8(6)18-13(7)20-11/h4,9H,1-3,5,16H2,(H,17,19). The highest BCUT2D eigenvalue weighted by Crippen LogP contribution is 2.35. The summed E-state index contributed by atoms with van der Waals surface area (Å²) in [6, 6.07) is 1.97. The number of nitrogens with two attached hydrogens (primary N) is 1. The zero-order valence-electron chi connectivity index (χ0n) is 10.6. The van der Waals surface area contributed by atoms with Gasteiger partial charge in [-0.05, 0) is 30.9 Å². The quantitative estimate of drug-likeness (QED) is 0.914. The predicted octanol–water partition coefficient (Wildman–Crippen LogP) is 2.36. The number of rotatable bonds is 3. The van der Waals surface area contributed by atoms with Gasteiger partial charge in [0.15, 0.2) is 0 Å². The lowest BCUT2D eigenvalue weighted by atomic mass is 10.1. The average Bonchev–Trinajstić information content (AvgIpc) is 2.98. The number of carbonyl (C=O) groups is 1. The van der Waals surface area contributed by atoms with Crippen molar-refractivity contribution in [2.45, 2.75) is 25.7 Å². The monoisotopic (exact) mass is 297 g/mol. The Kier molecular flexibility index (Phi) is 3.29. The van der Waals surface area contributed by atoms with Crippen molar-refractivity contribution in [2.75, 3.05) is 12.3 Å². The number of carbonyl (C=O) groups excluding carboxylic acids is 1. The molecular formula is C13H13F2N3OS. The third kappa shape index (κ3) is 2.22. The first-order chi connectivity index (χ1) is 9.56. The summed E-state index contributed by atoms with van der Waals surface area (Å²) in [6.07, 6.45) is 0.425. The molecule has 2 aromatic rings. The van der Waals surface area contributed by atoms with Crippen LogP contribution in [0.4, 0.5) is 14.5 Å². The number of hydrogen-bond acceptors (Lipinski definition) is 4. The van der Waals surface area contributed by atoms with Gasteiger partial charge in [-0.25, -0.2) is 13.8 Å². The number of pyridine rings is 1. The molecule has 0 aliphatic heterocycles. The summed E-state index contributed by atoms with van der Waals surface area (Å²) in [7, 11) is 0. The van der Waals surface area contributed by atoms with Gasteiger partial charge in [0.25, 0.3) is 12.3 Å². The molecule has 1 amide bonds. The maximum absolute atomic E-state index is 12.1. The summed E-state index contributed by atoms with van der Waals surface area (Å²) in [5.41, 5.74) is 8.52. The number of fused-ring (bicyclic) bond motifs is 2. The number of thiophene rings is 1. The van der Waals surface area contributed by atoms with Crippen molar-refractivity contribution in [1.82, 2.24) is 10.3 Å². The number of hydrogen-bond donors (Lipinski definition) is 2. The highest BCUT2D eigenvalue weighted by Gasteiger charge is 2.21. The first-order valence-corrected chi connectivity index (χ1v) is 7.15. The van der Waals surface area contributed by atoms with E-state index >= 15 is 0 Å². The van der Waals surface area contributed by atoms with Gasteiger partial charge in [-0.15, -0.1) is 11.3 Å². The van der Waals surface area contributed by atoms with Gasteiger partial charge in [0, 0.05) is 11.1 Å². The van der Waals surface area contributed by atoms with E-state index in [-0.39, 0.29) is 4.88 Å². The van der Waals surface area contributed by atoms with Crippen LogP contribution in [-0.4, -0.2) is 23.9 Å². The minimum Gasteiger partial charge on any atom is -0.397 e. The molecule has 3 rings (SSSR count). The molecule has 106 valence electrons. The maximum atomic E-state index is 12.1. The first-order valence-electron chi connectivity index (χ1n) is 6.33. The fourth-order valence-corrected chi connectivity index (χ4v) is 3.43. The van der Waals surface area contributed by atoms with Crippen LogP contribution in [0.1, 0.15) is 27.3 Å². The van der Waals surface area contributed by atoms with Crippen LogP contribution in [0, 0.1) is 0 Å². The number of amides is 1. The molecule has 0 unspecified atom stereocenters. The van der Waals surface area contributed by atoms with E-state index in [1.54, 1.807) is 0 Å². The first kappa shape index (κ1) is 13.2. The van der Waals surface area contributed by atoms with E-state index in [4.69, 9.17) is 5.73 Å². The van der Waals surface area contributed by atoms with Gasteiger partial charge >= 0.3 is 0 Å². The second-order valence-corrected chi connectivity index (χ2v) is 5.75. The van der Waals surface area contributed by atoms with E-state index < -0.39 is 18.9 Å². The topological polar surface area (TPSA) is 68.0 Å². The lowest BCUT2D eigenvalue weighted by molar-refractivity contribution is 0.0896. The van der Waals surface area contributed by atoms with Gasteiger partial charge in [0.05, 0.1) is 12.2 Å². The molecule has 2 heterocycles. The number of nitrogen functional groups attached to an aromatic ring is 1. The molecule has 3 N–H and O–H groups in total. The number of halogens is 2. The van der Waals surface area contributed by atoms with Gasteiger partial charge in [0.1, 0.15) is 9.71 Å². The molecule has 1 aliphatic rings. The van der Waals surface area contributed by atoms with E-state index in [9.17, 15) is 13.6 Å². The third-order valence-electron chi connectivity index (χ3n) is 3.37. The van der Waals surface area contributed by atoms with Crippen molar-refractivity contribution in [3.63, 3.8) is 0 Å². The van der Waals surface area contributed by atoms with E-state index in [1.165, 1.54) is 5.56 Å². The maximum Gasteiger partial charge on any atom is 0.263 e. The number of aryl methyl sites for hydroxylation is 2. The summed E-state index contributed by atoms with van der Waals surface area (Å²) in [6.45, 7) is -0.670. The predicted molar refractivity (Wildman–Crippen MR) is 74.4 cm³/mol. The van der Waals surface area contributed by atoms with E-state index in [0.29, 0.717) is 10.5 Å². The zero-order valence-corrected chi connectivity index (χ0v) is 11.4. The number of nitrogens with zero attached hydrogens (tertiary/aromatic N) is 1. The highest BCUT2D eigenvalue weighted by atomic mass is 32.1. The Morgan fingerprint density at radius 1 is 1.50 bits per heavy atom. The molecule has 0 spiro atoms. The number of nitrogens with one attached hydrogen (secondary N) is 1. The molecule has 0 saturated carbocycles. The lowest BCUT2D eigenvalue weighted by Crippen LogP contribution is -2.28. The van der Waals surface area contributed by atoms with Crippen LogP contribution < -0.4 is 11.1 Å². The molecule has 7 heteroatoms. The molecule has 0 aromatic carbocycles. The van der Waals surface area contributed by atoms with Gasteiger partial charge in [-0.1, -0.05) is 0 Å². The molecule has 2 aromatic heterocycles. The van der Waals surface area contributed by atoms with Crippen molar-refractivity contribution in [2.24, 2.45) is 0 Å². The Morgan fingerprint density at radius 3 is 3.05 bits per heavy atom. The largest absolute Gasteiger partial charge is 0.397 e. The Labute approximate surface area is 118 Å². The molecule has 0 fully saturated rings. The van der Waals surface area contributed by atoms with Crippen LogP contribution in [-0.2, 0) is 12.8 Å². The molecule has 0 saturated heterocycles. The van der Waals surface area contributed by atoms with Gasteiger partial charge < -0.3 is 11.1 Å². The van der Waals surface area contributed by atoms with Crippen molar-refractivity contribution in [1.29, 1.82) is 0 Å². The smallest absolute Gasteiger partial charge is 0.263 e. The number of anilines is 1. The van der Waals surface area contributed by atoms with E-state index in [1.807, 2.05) is 6.07 Å². The summed E-state index contributed by atoms with van der Waals surface area (Å²) >= 11 is 1.16. The Bertz CT molecular complexity index is 684. The molecule has 4 nitrogen and oxygen atoms in total. The van der Waals surface area contributed by atoms with Crippen LogP contribution in [0.2, 0.25) is 0 Å². The van der Waals surface area contributed by atoms with Crippen LogP contribution in [0.25, 0.3) is 10.2 Å². The Balaban J connectivity index is 1.97. The molecule has 20 heavy (non-hydrogen) atoms. The second-order valence-electron chi connectivity index (χ2n) is 4.75. The minimum atomic E-state index is -2.57. The van der Waals surface area contributed by atoms with Gasteiger partial charge in [-0.3, -0.25) is 4.79 Å². The summed E-state index contributed by atoms with van der Waals surface area (Å²) in [4.78, 5) is 17.3. The Hall–Kier alpha value is -1.76. The van der Waals surface area contributed by atoms with Crippen molar-refractivity contribution in [3.05, 3.63) is 22.2 Å². The fraction of sp³-hybridized carbons (Fsp3) is 0.385. The summed E-state index contributed by atoms with van der Waals surface area (Å²) in [5, 5.41) is 2.92. The lowest BCUT2D eigenvalue weighted by Gasteiger charge is -2.02. The van der Waals surface area contributed by atoms with Crippen LogP contribution in [0.3, 0.4) is 0 Å². The third-order valence-corrected chi connectivity index (χ3v) is 4.49. The molecule has 1 aliphatic carbocycles. The van der Waals surface area contributed by atoms with Gasteiger partial charge in [-0.2, -0.15) is 0 Å². The normalized spacial score (nSPS) is 13.9. The molecule has 0 bridgehead atoms. The second kappa shape index (κ2) is 4.97. The fourth-order valence-electron chi connectivity index (χ4n) is 2.42. The highest BCUT2D eigenvalue weighted by molar-refractivity contribution is 7.21. The van der Waals surface area contributed by atoms with E-state index in [2.05, 4.69) is 10.3 Å². The average molecular weight is 297 g/mol. The van der Waals surface area contributed by atoms with E-state index in [0.717, 1.165) is 41.7 Å². The van der Waals surface area contributed by atoms with Crippen molar-refractivity contribution in [3.8, 4) is 0 Å². The number of aromatic nitrogens is 1. The molecule has 0 radical (unpaired) electrons.